The van der Waals surface area contributed by atoms with Crippen LogP contribution < -0.4 is 10.9 Å². The normalized spacial score (nSPS) is 15.3. The maximum atomic E-state index is 13.1. The maximum absolute atomic E-state index is 13.1. The number of halogens is 2. The number of nitrogens with one attached hydrogen (secondary N) is 1. The third-order valence-corrected chi connectivity index (χ3v) is 4.18. The lowest BCUT2D eigenvalue weighted by molar-refractivity contribution is 0.525. The molecule has 1 aromatic heterocycles. The van der Waals surface area contributed by atoms with Gasteiger partial charge in [0.15, 0.2) is 11.5 Å². The van der Waals surface area contributed by atoms with Crippen molar-refractivity contribution in [3.63, 3.8) is 0 Å². The van der Waals surface area contributed by atoms with Crippen LogP contribution in [-0.4, -0.2) is 20.6 Å². The fourth-order valence-corrected chi connectivity index (χ4v) is 2.94. The molecule has 0 saturated carbocycles. The molecule has 1 N–H and O–H groups in total. The lowest BCUT2D eigenvalue weighted by Crippen LogP contribution is -2.32. The summed E-state index contributed by atoms with van der Waals surface area (Å²) >= 11 is 6.05. The molecule has 0 spiro atoms. The van der Waals surface area contributed by atoms with Crippen LogP contribution in [0.5, 0.6) is 0 Å². The Labute approximate surface area is 141 Å². The second-order valence-electron chi connectivity index (χ2n) is 5.40. The zero-order chi connectivity index (χ0) is 16.7. The second-order valence-corrected chi connectivity index (χ2v) is 5.71. The van der Waals surface area contributed by atoms with E-state index in [1.807, 2.05) is 24.3 Å². The molecule has 7 heteroatoms. The van der Waals surface area contributed by atoms with E-state index >= 15 is 0 Å². The largest absolute Gasteiger partial charge is 0.362 e. The van der Waals surface area contributed by atoms with Gasteiger partial charge in [0.2, 0.25) is 0 Å². The molecule has 0 amide bonds. The minimum Gasteiger partial charge on any atom is -0.362 e. The van der Waals surface area contributed by atoms with Crippen molar-refractivity contribution in [1.82, 2.24) is 14.8 Å². The number of fused-ring (bicyclic) bond motifs is 3. The summed E-state index contributed by atoms with van der Waals surface area (Å²) in [5.74, 6) is 0.340. The lowest BCUT2D eigenvalue weighted by Gasteiger charge is -2.28. The van der Waals surface area contributed by atoms with Crippen molar-refractivity contribution >= 4 is 17.3 Å². The Morgan fingerprint density at radius 3 is 2.67 bits per heavy atom. The zero-order valence-electron chi connectivity index (χ0n) is 12.4. The topological polar surface area (TPSA) is 59.8 Å². The van der Waals surface area contributed by atoms with E-state index in [1.54, 1.807) is 4.68 Å². The number of benzene rings is 2. The second kappa shape index (κ2) is 5.72. The first-order valence-corrected chi connectivity index (χ1v) is 7.89. The van der Waals surface area contributed by atoms with Crippen LogP contribution in [0.2, 0.25) is 0 Å². The molecule has 24 heavy (non-hydrogen) atoms. The summed E-state index contributed by atoms with van der Waals surface area (Å²) in [4.78, 5) is 16.7. The molecule has 0 aliphatic carbocycles. The van der Waals surface area contributed by atoms with Crippen molar-refractivity contribution in [3.8, 4) is 22.6 Å². The highest BCUT2D eigenvalue weighted by atomic mass is 35.5. The average molecular weight is 343 g/mol. The first-order valence-electron chi connectivity index (χ1n) is 7.36. The number of hydrogen-bond acceptors (Lipinski definition) is 4. The summed E-state index contributed by atoms with van der Waals surface area (Å²) in [5, 5.41) is 7.71. The van der Waals surface area contributed by atoms with Crippen LogP contribution in [0.25, 0.3) is 22.6 Å². The Morgan fingerprint density at radius 1 is 1.17 bits per heavy atom. The van der Waals surface area contributed by atoms with Crippen molar-refractivity contribution in [3.05, 3.63) is 64.7 Å². The number of hydrogen-bond donors (Lipinski definition) is 1. The lowest BCUT2D eigenvalue weighted by atomic mass is 10.1. The molecular formula is C17H12ClFN4O. The first kappa shape index (κ1) is 14.8. The minimum atomic E-state index is -0.460. The van der Waals surface area contributed by atoms with Gasteiger partial charge in [-0.2, -0.15) is 10.1 Å². The van der Waals surface area contributed by atoms with Crippen LogP contribution in [-0.2, 0) is 0 Å². The summed E-state index contributed by atoms with van der Waals surface area (Å²) in [7, 11) is 0. The van der Waals surface area contributed by atoms with E-state index in [4.69, 9.17) is 11.6 Å². The van der Waals surface area contributed by atoms with Gasteiger partial charge in [-0.3, -0.25) is 4.79 Å². The van der Waals surface area contributed by atoms with Crippen LogP contribution in [0.15, 0.2) is 53.3 Å². The highest BCUT2D eigenvalue weighted by Crippen LogP contribution is 2.34. The van der Waals surface area contributed by atoms with E-state index in [0.717, 1.165) is 11.3 Å². The van der Waals surface area contributed by atoms with Gasteiger partial charge >= 0.3 is 0 Å². The van der Waals surface area contributed by atoms with E-state index in [9.17, 15) is 9.18 Å². The van der Waals surface area contributed by atoms with Crippen molar-refractivity contribution in [2.24, 2.45) is 0 Å². The first-order chi connectivity index (χ1) is 11.7. The van der Waals surface area contributed by atoms with E-state index in [1.165, 1.54) is 24.3 Å². The summed E-state index contributed by atoms with van der Waals surface area (Å²) in [6.07, 6.45) is -0.330. The van der Waals surface area contributed by atoms with Gasteiger partial charge in [0.25, 0.3) is 5.56 Å². The van der Waals surface area contributed by atoms with E-state index in [2.05, 4.69) is 15.4 Å². The molecule has 0 bridgehead atoms. The molecule has 2 heterocycles. The fourth-order valence-electron chi connectivity index (χ4n) is 2.74. The molecule has 1 aliphatic rings. The molecule has 120 valence electrons. The number of alkyl halides is 1. The predicted molar refractivity (Wildman–Crippen MR) is 90.5 cm³/mol. The summed E-state index contributed by atoms with van der Waals surface area (Å²) in [6.45, 7) is 0. The summed E-state index contributed by atoms with van der Waals surface area (Å²) in [5.41, 5.74) is 1.85. The van der Waals surface area contributed by atoms with Crippen molar-refractivity contribution in [2.45, 2.75) is 6.17 Å². The van der Waals surface area contributed by atoms with Gasteiger partial charge in [0.05, 0.1) is 5.88 Å². The number of aromatic nitrogens is 3. The van der Waals surface area contributed by atoms with Gasteiger partial charge in [-0.15, -0.1) is 11.6 Å². The van der Waals surface area contributed by atoms with E-state index in [0.29, 0.717) is 11.4 Å². The van der Waals surface area contributed by atoms with Crippen molar-refractivity contribution < 1.29 is 4.39 Å². The van der Waals surface area contributed by atoms with Gasteiger partial charge in [-0.05, 0) is 36.4 Å². The molecule has 5 nitrogen and oxygen atoms in total. The number of rotatable bonds is 2. The Morgan fingerprint density at radius 2 is 1.92 bits per heavy atom. The van der Waals surface area contributed by atoms with Gasteiger partial charge in [0.1, 0.15) is 12.0 Å². The van der Waals surface area contributed by atoms with Crippen LogP contribution >= 0.6 is 11.6 Å². The zero-order valence-corrected chi connectivity index (χ0v) is 13.2. The molecule has 0 saturated heterocycles. The smallest absolute Gasteiger partial charge is 0.300 e. The van der Waals surface area contributed by atoms with Crippen molar-refractivity contribution in [1.29, 1.82) is 0 Å². The molecule has 0 fully saturated rings. The standard InChI is InChI=1S/C17H12ClFN4O/c18-9-14-20-13-4-2-1-3-12(13)16-21-17(24)15(22-23(14)16)10-5-7-11(19)8-6-10/h1-8,14,20H,9H2. The predicted octanol–water partition coefficient (Wildman–Crippen LogP) is 3.27. The number of para-hydroxylation sites is 1. The quantitative estimate of drug-likeness (QED) is 0.726. The van der Waals surface area contributed by atoms with E-state index < -0.39 is 5.56 Å². The van der Waals surface area contributed by atoms with Crippen LogP contribution in [0, 0.1) is 5.82 Å². The fraction of sp³-hybridized carbons (Fsp3) is 0.118. The Kier molecular flexibility index (Phi) is 3.54. The highest BCUT2D eigenvalue weighted by Gasteiger charge is 2.26. The molecule has 3 aromatic rings. The molecule has 2 aromatic carbocycles. The van der Waals surface area contributed by atoms with Crippen LogP contribution in [0.3, 0.4) is 0 Å². The Balaban J connectivity index is 1.94. The highest BCUT2D eigenvalue weighted by molar-refractivity contribution is 6.18. The summed E-state index contributed by atoms with van der Waals surface area (Å²) in [6, 6.07) is 13.1. The molecule has 1 aliphatic heterocycles. The number of nitrogens with zero attached hydrogens (tertiary/aromatic N) is 3. The van der Waals surface area contributed by atoms with Crippen LogP contribution in [0.4, 0.5) is 10.1 Å². The Hall–Kier alpha value is -2.73. The van der Waals surface area contributed by atoms with Crippen LogP contribution in [0.1, 0.15) is 6.17 Å². The van der Waals surface area contributed by atoms with E-state index in [-0.39, 0.29) is 23.6 Å². The number of anilines is 1. The third kappa shape index (κ3) is 2.35. The molecule has 0 radical (unpaired) electrons. The van der Waals surface area contributed by atoms with Gasteiger partial charge < -0.3 is 5.32 Å². The molecule has 4 rings (SSSR count). The van der Waals surface area contributed by atoms with Gasteiger partial charge in [0, 0.05) is 16.8 Å². The van der Waals surface area contributed by atoms with Crippen molar-refractivity contribution in [2.75, 3.05) is 11.2 Å². The van der Waals surface area contributed by atoms with Gasteiger partial charge in [-0.25, -0.2) is 9.07 Å². The van der Waals surface area contributed by atoms with Gasteiger partial charge in [-0.1, -0.05) is 12.1 Å². The minimum absolute atomic E-state index is 0.162. The average Bonchev–Trinajstić information content (AvgIpc) is 2.61. The molecular weight excluding hydrogens is 331 g/mol. The summed E-state index contributed by atoms with van der Waals surface area (Å²) < 4.78 is 14.7. The SMILES string of the molecule is O=c1nc2n(nc1-c1ccc(F)cc1)C(CCl)Nc1ccccc1-2. The Bertz CT molecular complexity index is 971. The molecule has 1 unspecified atom stereocenters. The maximum Gasteiger partial charge on any atom is 0.300 e. The third-order valence-electron chi connectivity index (χ3n) is 3.88. The monoisotopic (exact) mass is 342 g/mol. The molecule has 1 atom stereocenters.